The average Bonchev–Trinajstić information content (AvgIpc) is 3.06. The maximum Gasteiger partial charge on any atom is 0.195 e. The summed E-state index contributed by atoms with van der Waals surface area (Å²) in [6.07, 6.45) is 1.59. The molecule has 0 amide bonds. The molecule has 3 rings (SSSR count). The third-order valence-electron chi connectivity index (χ3n) is 3.19. The Morgan fingerprint density at radius 2 is 2.29 bits per heavy atom. The second kappa shape index (κ2) is 5.90. The molecule has 21 heavy (non-hydrogen) atoms. The van der Waals surface area contributed by atoms with Crippen LogP contribution in [-0.4, -0.2) is 31.3 Å². The zero-order chi connectivity index (χ0) is 14.8. The highest BCUT2D eigenvalue weighted by atomic mass is 32.1. The summed E-state index contributed by atoms with van der Waals surface area (Å²) in [5.74, 6) is 2.17. The number of thiophene rings is 1. The fourth-order valence-electron chi connectivity index (χ4n) is 2.20. The van der Waals surface area contributed by atoms with Gasteiger partial charge in [0.05, 0.1) is 5.39 Å². The zero-order valence-corrected chi connectivity index (χ0v) is 13.5. The minimum Gasteiger partial charge on any atom is -0.368 e. The van der Waals surface area contributed by atoms with Gasteiger partial charge in [0.2, 0.25) is 0 Å². The van der Waals surface area contributed by atoms with Crippen LogP contribution < -0.4 is 5.32 Å². The molecule has 2 N–H and O–H groups in total. The Bertz CT molecular complexity index is 800. The van der Waals surface area contributed by atoms with E-state index in [9.17, 15) is 0 Å². The lowest BCUT2D eigenvalue weighted by Crippen LogP contribution is -2.14. The molecule has 8 heteroatoms. The average molecular weight is 320 g/mol. The van der Waals surface area contributed by atoms with Gasteiger partial charge >= 0.3 is 0 Å². The van der Waals surface area contributed by atoms with Crippen LogP contribution in [0.25, 0.3) is 10.2 Å². The topological polar surface area (TPSA) is 71.4 Å². The van der Waals surface area contributed by atoms with Crippen molar-refractivity contribution in [2.45, 2.75) is 26.3 Å². The van der Waals surface area contributed by atoms with Crippen molar-refractivity contribution in [2.24, 2.45) is 0 Å². The SMILES string of the molecule is CC(C)c1n[nH]c(=S)n1CCNc1ncnc2sccc12. The lowest BCUT2D eigenvalue weighted by molar-refractivity contribution is 0.631. The highest BCUT2D eigenvalue weighted by Gasteiger charge is 2.10. The fourth-order valence-corrected chi connectivity index (χ4v) is 3.17. The van der Waals surface area contributed by atoms with E-state index < -0.39 is 0 Å². The van der Waals surface area contributed by atoms with E-state index >= 15 is 0 Å². The molecule has 3 aromatic heterocycles. The molecule has 0 unspecified atom stereocenters. The summed E-state index contributed by atoms with van der Waals surface area (Å²) in [5, 5.41) is 13.6. The number of aromatic amines is 1. The van der Waals surface area contributed by atoms with Gasteiger partial charge in [-0.3, -0.25) is 5.10 Å². The maximum atomic E-state index is 5.28. The molecule has 0 aliphatic rings. The van der Waals surface area contributed by atoms with Gasteiger partial charge in [-0.1, -0.05) is 13.8 Å². The Morgan fingerprint density at radius 1 is 1.43 bits per heavy atom. The molecule has 0 spiro atoms. The van der Waals surface area contributed by atoms with Crippen molar-refractivity contribution in [1.82, 2.24) is 24.7 Å². The quantitative estimate of drug-likeness (QED) is 0.707. The molecular weight excluding hydrogens is 304 g/mol. The van der Waals surface area contributed by atoms with Crippen molar-refractivity contribution < 1.29 is 0 Å². The Morgan fingerprint density at radius 3 is 3.10 bits per heavy atom. The Hall–Kier alpha value is -1.80. The first-order chi connectivity index (χ1) is 10.2. The van der Waals surface area contributed by atoms with E-state index in [4.69, 9.17) is 12.2 Å². The van der Waals surface area contributed by atoms with Crippen molar-refractivity contribution >= 4 is 39.6 Å². The van der Waals surface area contributed by atoms with Crippen molar-refractivity contribution in [3.63, 3.8) is 0 Å². The predicted octanol–water partition coefficient (Wildman–Crippen LogP) is 3.18. The Kier molecular flexibility index (Phi) is 3.98. The summed E-state index contributed by atoms with van der Waals surface area (Å²) >= 11 is 6.89. The molecule has 3 heterocycles. The van der Waals surface area contributed by atoms with Gasteiger partial charge in [0.15, 0.2) is 4.77 Å². The molecule has 0 aliphatic heterocycles. The maximum absolute atomic E-state index is 5.28. The Balaban J connectivity index is 1.73. The van der Waals surface area contributed by atoms with E-state index in [-0.39, 0.29) is 0 Å². The van der Waals surface area contributed by atoms with Crippen LogP contribution >= 0.6 is 23.6 Å². The van der Waals surface area contributed by atoms with Gasteiger partial charge in [0.25, 0.3) is 0 Å². The fraction of sp³-hybridized carbons (Fsp3) is 0.385. The number of aromatic nitrogens is 5. The number of rotatable bonds is 5. The zero-order valence-electron chi connectivity index (χ0n) is 11.8. The second-order valence-electron chi connectivity index (χ2n) is 4.98. The van der Waals surface area contributed by atoms with Gasteiger partial charge in [0.1, 0.15) is 22.8 Å². The van der Waals surface area contributed by atoms with Gasteiger partial charge in [-0.25, -0.2) is 9.97 Å². The number of anilines is 1. The van der Waals surface area contributed by atoms with Crippen molar-refractivity contribution in [3.05, 3.63) is 28.4 Å². The van der Waals surface area contributed by atoms with E-state index in [0.29, 0.717) is 10.7 Å². The number of nitrogens with zero attached hydrogens (tertiary/aromatic N) is 4. The van der Waals surface area contributed by atoms with Crippen molar-refractivity contribution in [1.29, 1.82) is 0 Å². The molecule has 6 nitrogen and oxygen atoms in total. The number of hydrogen-bond acceptors (Lipinski definition) is 6. The van der Waals surface area contributed by atoms with E-state index in [1.807, 2.05) is 16.0 Å². The first-order valence-electron chi connectivity index (χ1n) is 6.74. The number of hydrogen-bond donors (Lipinski definition) is 2. The molecule has 0 aliphatic carbocycles. The molecule has 0 radical (unpaired) electrons. The minimum atomic E-state index is 0.334. The van der Waals surface area contributed by atoms with Crippen LogP contribution in [-0.2, 0) is 6.54 Å². The van der Waals surface area contributed by atoms with Crippen molar-refractivity contribution in [3.8, 4) is 0 Å². The number of H-pyrrole nitrogens is 1. The lowest BCUT2D eigenvalue weighted by Gasteiger charge is -2.10. The highest BCUT2D eigenvalue weighted by molar-refractivity contribution is 7.71. The third-order valence-corrected chi connectivity index (χ3v) is 4.33. The summed E-state index contributed by atoms with van der Waals surface area (Å²) < 4.78 is 2.68. The van der Waals surface area contributed by atoms with Crippen LogP contribution in [0.1, 0.15) is 25.6 Å². The first-order valence-corrected chi connectivity index (χ1v) is 8.03. The largest absolute Gasteiger partial charge is 0.368 e. The third kappa shape index (κ3) is 2.81. The molecule has 0 saturated heterocycles. The van der Waals surface area contributed by atoms with Gasteiger partial charge in [-0.2, -0.15) is 5.10 Å². The van der Waals surface area contributed by atoms with E-state index in [1.54, 1.807) is 17.7 Å². The summed E-state index contributed by atoms with van der Waals surface area (Å²) in [6, 6.07) is 2.03. The summed E-state index contributed by atoms with van der Waals surface area (Å²) in [6.45, 7) is 5.69. The molecule has 0 saturated carbocycles. The number of nitrogens with one attached hydrogen (secondary N) is 2. The van der Waals surface area contributed by atoms with Crippen LogP contribution in [0.3, 0.4) is 0 Å². The van der Waals surface area contributed by atoms with Crippen LogP contribution in [0.5, 0.6) is 0 Å². The van der Waals surface area contributed by atoms with E-state index in [1.165, 1.54) is 0 Å². The van der Waals surface area contributed by atoms with Crippen LogP contribution in [0, 0.1) is 4.77 Å². The van der Waals surface area contributed by atoms with Gasteiger partial charge in [-0.05, 0) is 23.7 Å². The summed E-state index contributed by atoms with van der Waals surface area (Å²) in [5.41, 5.74) is 0. The van der Waals surface area contributed by atoms with E-state index in [0.717, 1.165) is 34.9 Å². The monoisotopic (exact) mass is 320 g/mol. The predicted molar refractivity (Wildman–Crippen MR) is 87.4 cm³/mol. The first kappa shape index (κ1) is 14.2. The lowest BCUT2D eigenvalue weighted by atomic mass is 10.2. The molecule has 0 bridgehead atoms. The molecule has 110 valence electrons. The highest BCUT2D eigenvalue weighted by Crippen LogP contribution is 2.23. The van der Waals surface area contributed by atoms with Gasteiger partial charge in [0, 0.05) is 19.0 Å². The van der Waals surface area contributed by atoms with Crippen LogP contribution in [0.2, 0.25) is 0 Å². The molecule has 0 fully saturated rings. The minimum absolute atomic E-state index is 0.334. The molecule has 3 aromatic rings. The van der Waals surface area contributed by atoms with Gasteiger partial charge in [-0.15, -0.1) is 11.3 Å². The van der Waals surface area contributed by atoms with Gasteiger partial charge < -0.3 is 9.88 Å². The Labute approximate surface area is 131 Å². The van der Waals surface area contributed by atoms with Crippen LogP contribution in [0.4, 0.5) is 5.82 Å². The van der Waals surface area contributed by atoms with Crippen molar-refractivity contribution in [2.75, 3.05) is 11.9 Å². The molecule has 0 atom stereocenters. The van der Waals surface area contributed by atoms with E-state index in [2.05, 4.69) is 39.3 Å². The molecule has 0 aromatic carbocycles. The summed E-state index contributed by atoms with van der Waals surface area (Å²) in [7, 11) is 0. The van der Waals surface area contributed by atoms with Crippen LogP contribution in [0.15, 0.2) is 17.8 Å². The smallest absolute Gasteiger partial charge is 0.195 e. The number of fused-ring (bicyclic) bond motifs is 1. The second-order valence-corrected chi connectivity index (χ2v) is 6.26. The summed E-state index contributed by atoms with van der Waals surface area (Å²) in [4.78, 5) is 9.54. The molecular formula is C13H16N6S2. The standard InChI is InChI=1S/C13H16N6S2/c1-8(2)11-17-18-13(20)19(11)5-4-14-10-9-3-6-21-12(9)16-7-15-10/h3,6-8H,4-5H2,1-2H3,(H,18,20)(H,14,15,16). The normalized spacial score (nSPS) is 11.4.